The van der Waals surface area contributed by atoms with Gasteiger partial charge in [-0.15, -0.1) is 0 Å². The average molecular weight is 286 g/mol. The van der Waals surface area contributed by atoms with Crippen LogP contribution in [0.3, 0.4) is 0 Å². The number of rotatable bonds is 4. The third-order valence-electron chi connectivity index (χ3n) is 3.07. The van der Waals surface area contributed by atoms with Gasteiger partial charge in [0.25, 0.3) is 0 Å². The van der Waals surface area contributed by atoms with Crippen LogP contribution in [0.15, 0.2) is 42.5 Å². The van der Waals surface area contributed by atoms with E-state index in [1.165, 1.54) is 20.3 Å². The summed E-state index contributed by atoms with van der Waals surface area (Å²) in [6, 6.07) is 11.4. The topological polar surface area (TPSA) is 72.8 Å². The van der Waals surface area contributed by atoms with Crippen molar-refractivity contribution in [3.63, 3.8) is 0 Å². The highest BCUT2D eigenvalue weighted by Gasteiger charge is 2.14. The van der Waals surface area contributed by atoms with Crippen molar-refractivity contribution in [2.24, 2.45) is 0 Å². The highest BCUT2D eigenvalue weighted by Crippen LogP contribution is 2.28. The molecule has 108 valence electrons. The molecule has 0 spiro atoms. The van der Waals surface area contributed by atoms with Crippen LogP contribution in [0.5, 0.6) is 5.75 Å². The quantitative estimate of drug-likeness (QED) is 0.875. The van der Waals surface area contributed by atoms with Crippen LogP contribution in [0.2, 0.25) is 0 Å². The first-order valence-electron chi connectivity index (χ1n) is 6.17. The summed E-state index contributed by atoms with van der Waals surface area (Å²) in [6.07, 6.45) is 0. The van der Waals surface area contributed by atoms with Crippen LogP contribution < -0.4 is 4.74 Å². The van der Waals surface area contributed by atoms with Crippen LogP contribution in [-0.4, -0.2) is 31.3 Å². The van der Waals surface area contributed by atoms with Gasteiger partial charge in [0.15, 0.2) is 0 Å². The molecule has 0 fully saturated rings. The molecule has 2 aromatic carbocycles. The monoisotopic (exact) mass is 286 g/mol. The SMILES string of the molecule is COC(=O)c1ccc(-c2ccc(OC)cc2C(=O)O)cc1. The van der Waals surface area contributed by atoms with E-state index in [4.69, 9.17) is 4.74 Å². The van der Waals surface area contributed by atoms with Crippen LogP contribution in [0.25, 0.3) is 11.1 Å². The van der Waals surface area contributed by atoms with Gasteiger partial charge in [-0.1, -0.05) is 12.1 Å². The highest BCUT2D eigenvalue weighted by atomic mass is 16.5. The fourth-order valence-corrected chi connectivity index (χ4v) is 1.98. The van der Waals surface area contributed by atoms with E-state index in [1.807, 2.05) is 0 Å². The zero-order valence-electron chi connectivity index (χ0n) is 11.6. The Labute approximate surface area is 121 Å². The minimum absolute atomic E-state index is 0.139. The lowest BCUT2D eigenvalue weighted by molar-refractivity contribution is 0.0599. The summed E-state index contributed by atoms with van der Waals surface area (Å²) in [5.74, 6) is -1.00. The second-order valence-corrected chi connectivity index (χ2v) is 4.29. The number of carbonyl (C=O) groups excluding carboxylic acids is 1. The van der Waals surface area contributed by atoms with Gasteiger partial charge < -0.3 is 14.6 Å². The Morgan fingerprint density at radius 2 is 1.67 bits per heavy atom. The number of ether oxygens (including phenoxy) is 2. The maximum atomic E-state index is 11.4. The van der Waals surface area contributed by atoms with Gasteiger partial charge in [0.2, 0.25) is 0 Å². The molecule has 1 N–H and O–H groups in total. The standard InChI is InChI=1S/C16H14O5/c1-20-12-7-8-13(14(9-12)15(17)18)10-3-5-11(6-4-10)16(19)21-2/h3-9H,1-2H3,(H,17,18). The molecule has 0 aliphatic rings. The molecular formula is C16H14O5. The molecule has 0 unspecified atom stereocenters. The zero-order chi connectivity index (χ0) is 15.4. The number of hydrogen-bond donors (Lipinski definition) is 1. The molecule has 0 atom stereocenters. The minimum Gasteiger partial charge on any atom is -0.497 e. The Morgan fingerprint density at radius 3 is 2.19 bits per heavy atom. The number of aromatic carboxylic acids is 1. The number of benzene rings is 2. The molecule has 21 heavy (non-hydrogen) atoms. The van der Waals surface area contributed by atoms with Gasteiger partial charge in [-0.2, -0.15) is 0 Å². The molecule has 0 radical (unpaired) electrons. The van der Waals surface area contributed by atoms with Crippen LogP contribution in [0.1, 0.15) is 20.7 Å². The van der Waals surface area contributed by atoms with E-state index in [9.17, 15) is 14.7 Å². The summed E-state index contributed by atoms with van der Waals surface area (Å²) < 4.78 is 9.66. The highest BCUT2D eigenvalue weighted by molar-refractivity contribution is 5.97. The van der Waals surface area contributed by atoms with Gasteiger partial charge >= 0.3 is 11.9 Å². The number of hydrogen-bond acceptors (Lipinski definition) is 4. The summed E-state index contributed by atoms with van der Waals surface area (Å²) >= 11 is 0. The first-order chi connectivity index (χ1) is 10.1. The summed E-state index contributed by atoms with van der Waals surface area (Å²) in [4.78, 5) is 22.7. The maximum Gasteiger partial charge on any atom is 0.337 e. The number of carboxylic acid groups (broad SMARTS) is 1. The van der Waals surface area contributed by atoms with Crippen molar-refractivity contribution in [1.82, 2.24) is 0 Å². The molecule has 0 bridgehead atoms. The van der Waals surface area contributed by atoms with Crippen molar-refractivity contribution in [3.05, 3.63) is 53.6 Å². The maximum absolute atomic E-state index is 11.4. The van der Waals surface area contributed by atoms with Crippen LogP contribution in [-0.2, 0) is 4.74 Å². The summed E-state index contributed by atoms with van der Waals surface area (Å²) in [5.41, 5.74) is 1.80. The van der Waals surface area contributed by atoms with Gasteiger partial charge in [0.05, 0.1) is 25.3 Å². The van der Waals surface area contributed by atoms with E-state index in [0.29, 0.717) is 22.4 Å². The molecule has 2 rings (SSSR count). The number of carboxylic acids is 1. The molecule has 0 saturated carbocycles. The second kappa shape index (κ2) is 6.09. The lowest BCUT2D eigenvalue weighted by Crippen LogP contribution is -2.02. The number of methoxy groups -OCH3 is 2. The van der Waals surface area contributed by atoms with E-state index in [2.05, 4.69) is 4.74 Å². The van der Waals surface area contributed by atoms with Gasteiger partial charge in [0.1, 0.15) is 5.75 Å². The molecule has 0 saturated heterocycles. The third kappa shape index (κ3) is 3.02. The van der Waals surface area contributed by atoms with Crippen molar-refractivity contribution in [3.8, 4) is 16.9 Å². The molecule has 0 aliphatic carbocycles. The number of esters is 1. The largest absolute Gasteiger partial charge is 0.497 e. The summed E-state index contributed by atoms with van der Waals surface area (Å²) in [7, 11) is 2.79. The first kappa shape index (κ1) is 14.6. The molecule has 0 heterocycles. The average Bonchev–Trinajstić information content (AvgIpc) is 2.53. The van der Waals surface area contributed by atoms with Crippen molar-refractivity contribution < 1.29 is 24.2 Å². The number of carbonyl (C=O) groups is 2. The third-order valence-corrected chi connectivity index (χ3v) is 3.07. The van der Waals surface area contributed by atoms with E-state index in [1.54, 1.807) is 36.4 Å². The Bertz CT molecular complexity index is 674. The normalized spacial score (nSPS) is 10.0. The molecule has 0 aliphatic heterocycles. The van der Waals surface area contributed by atoms with Crippen LogP contribution in [0.4, 0.5) is 0 Å². The predicted octanol–water partition coefficient (Wildman–Crippen LogP) is 2.85. The smallest absolute Gasteiger partial charge is 0.337 e. The molecule has 0 aromatic heterocycles. The van der Waals surface area contributed by atoms with Crippen LogP contribution in [0, 0.1) is 0 Å². The van der Waals surface area contributed by atoms with E-state index in [-0.39, 0.29) is 5.56 Å². The molecular weight excluding hydrogens is 272 g/mol. The lowest BCUT2D eigenvalue weighted by atomic mass is 9.98. The molecule has 5 nitrogen and oxygen atoms in total. The van der Waals surface area contributed by atoms with Crippen molar-refractivity contribution >= 4 is 11.9 Å². The first-order valence-corrected chi connectivity index (χ1v) is 6.17. The van der Waals surface area contributed by atoms with Gasteiger partial charge in [-0.05, 0) is 41.5 Å². The van der Waals surface area contributed by atoms with Crippen molar-refractivity contribution in [1.29, 1.82) is 0 Å². The van der Waals surface area contributed by atoms with Gasteiger partial charge in [0, 0.05) is 0 Å². The Kier molecular flexibility index (Phi) is 4.23. The predicted molar refractivity (Wildman–Crippen MR) is 76.7 cm³/mol. The summed E-state index contributed by atoms with van der Waals surface area (Å²) in [5, 5.41) is 9.30. The van der Waals surface area contributed by atoms with Crippen molar-refractivity contribution in [2.45, 2.75) is 0 Å². The van der Waals surface area contributed by atoms with Crippen LogP contribution >= 0.6 is 0 Å². The van der Waals surface area contributed by atoms with E-state index < -0.39 is 11.9 Å². The van der Waals surface area contributed by atoms with E-state index in [0.717, 1.165) is 0 Å². The fourth-order valence-electron chi connectivity index (χ4n) is 1.98. The molecule has 2 aromatic rings. The van der Waals surface area contributed by atoms with Crippen molar-refractivity contribution in [2.75, 3.05) is 14.2 Å². The lowest BCUT2D eigenvalue weighted by Gasteiger charge is -2.09. The minimum atomic E-state index is -1.04. The molecule has 5 heteroatoms. The Balaban J connectivity index is 2.46. The second-order valence-electron chi connectivity index (χ2n) is 4.29. The molecule has 0 amide bonds. The van der Waals surface area contributed by atoms with Gasteiger partial charge in [-0.3, -0.25) is 0 Å². The zero-order valence-corrected chi connectivity index (χ0v) is 11.6. The Hall–Kier alpha value is -2.82. The fraction of sp³-hybridized carbons (Fsp3) is 0.125. The van der Waals surface area contributed by atoms with Gasteiger partial charge in [-0.25, -0.2) is 9.59 Å². The van der Waals surface area contributed by atoms with E-state index >= 15 is 0 Å². The summed E-state index contributed by atoms with van der Waals surface area (Å²) in [6.45, 7) is 0. The Morgan fingerprint density at radius 1 is 1.00 bits per heavy atom.